The molecule has 0 saturated carbocycles. The average Bonchev–Trinajstić information content (AvgIpc) is 2.33. The molecule has 0 bridgehead atoms. The summed E-state index contributed by atoms with van der Waals surface area (Å²) >= 11 is 0. The lowest BCUT2D eigenvalue weighted by atomic mass is 10.2. The highest BCUT2D eigenvalue weighted by molar-refractivity contribution is 7.92. The van der Waals surface area contributed by atoms with Crippen molar-refractivity contribution in [3.05, 3.63) is 53.6 Å². The Labute approximate surface area is 115 Å². The quantitative estimate of drug-likeness (QED) is 0.856. The molecule has 0 radical (unpaired) electrons. The second kappa shape index (κ2) is 5.09. The number of nitrogens with two attached hydrogens (primary N) is 1. The third-order valence-electron chi connectivity index (χ3n) is 2.72. The van der Waals surface area contributed by atoms with Crippen LogP contribution in [0, 0.1) is 18.6 Å². The van der Waals surface area contributed by atoms with Gasteiger partial charge >= 0.3 is 0 Å². The Morgan fingerprint density at radius 2 is 1.85 bits per heavy atom. The summed E-state index contributed by atoms with van der Waals surface area (Å²) in [7, 11) is -4.09. The first-order valence-corrected chi connectivity index (χ1v) is 7.12. The van der Waals surface area contributed by atoms with E-state index in [1.54, 1.807) is 13.0 Å². The minimum absolute atomic E-state index is 0.156. The van der Waals surface area contributed by atoms with E-state index in [0.717, 1.165) is 24.3 Å². The topological polar surface area (TPSA) is 72.2 Å². The van der Waals surface area contributed by atoms with Crippen molar-refractivity contribution >= 4 is 21.4 Å². The van der Waals surface area contributed by atoms with Crippen LogP contribution in [0.1, 0.15) is 5.56 Å². The second-order valence-corrected chi connectivity index (χ2v) is 5.87. The molecule has 0 atom stereocenters. The summed E-state index contributed by atoms with van der Waals surface area (Å²) in [6.45, 7) is 1.56. The molecule has 0 aliphatic carbocycles. The summed E-state index contributed by atoms with van der Waals surface area (Å²) < 4.78 is 53.0. The van der Waals surface area contributed by atoms with Crippen LogP contribution in [-0.4, -0.2) is 8.42 Å². The van der Waals surface area contributed by atoms with Gasteiger partial charge in [0.05, 0.1) is 11.4 Å². The molecular formula is C13H12F2N2O2S. The molecule has 0 fully saturated rings. The lowest BCUT2D eigenvalue weighted by Crippen LogP contribution is -2.16. The van der Waals surface area contributed by atoms with E-state index < -0.39 is 21.7 Å². The van der Waals surface area contributed by atoms with Crippen molar-refractivity contribution < 1.29 is 17.2 Å². The first-order chi connectivity index (χ1) is 9.31. The molecule has 0 amide bonds. The smallest absolute Gasteiger partial charge is 0.264 e. The number of hydrogen-bond donors (Lipinski definition) is 2. The number of hydrogen-bond acceptors (Lipinski definition) is 3. The van der Waals surface area contributed by atoms with E-state index >= 15 is 0 Å². The largest absolute Gasteiger partial charge is 0.398 e. The van der Waals surface area contributed by atoms with Crippen LogP contribution >= 0.6 is 0 Å². The highest BCUT2D eigenvalue weighted by Gasteiger charge is 2.20. The predicted molar refractivity (Wildman–Crippen MR) is 72.8 cm³/mol. The summed E-state index contributed by atoms with van der Waals surface area (Å²) in [6.07, 6.45) is 0. The zero-order valence-corrected chi connectivity index (χ0v) is 11.3. The fourth-order valence-corrected chi connectivity index (χ4v) is 2.97. The van der Waals surface area contributed by atoms with E-state index in [9.17, 15) is 17.2 Å². The Morgan fingerprint density at radius 1 is 1.15 bits per heavy atom. The molecule has 0 heterocycles. The van der Waals surface area contributed by atoms with E-state index in [2.05, 4.69) is 4.72 Å². The SMILES string of the molecule is Cc1cccc(F)c1NS(=O)(=O)c1ccc(F)cc1N. The minimum Gasteiger partial charge on any atom is -0.398 e. The summed E-state index contributed by atoms with van der Waals surface area (Å²) in [4.78, 5) is -0.304. The summed E-state index contributed by atoms with van der Waals surface area (Å²) in [5.74, 6) is -1.35. The van der Waals surface area contributed by atoms with E-state index in [4.69, 9.17) is 5.73 Å². The van der Waals surface area contributed by atoms with Gasteiger partial charge in [0.25, 0.3) is 10.0 Å². The Kier molecular flexibility index (Phi) is 3.63. The van der Waals surface area contributed by atoms with Crippen LogP contribution in [0.2, 0.25) is 0 Å². The fraction of sp³-hybridized carbons (Fsp3) is 0.0769. The van der Waals surface area contributed by atoms with Crippen molar-refractivity contribution in [3.63, 3.8) is 0 Å². The average molecular weight is 298 g/mol. The predicted octanol–water partition coefficient (Wildman–Crippen LogP) is 2.66. The third-order valence-corrected chi connectivity index (χ3v) is 4.14. The van der Waals surface area contributed by atoms with Crippen LogP contribution in [0.4, 0.5) is 20.2 Å². The number of para-hydroxylation sites is 1. The maximum Gasteiger partial charge on any atom is 0.264 e. The molecular weight excluding hydrogens is 286 g/mol. The van der Waals surface area contributed by atoms with Gasteiger partial charge in [-0.15, -0.1) is 0 Å². The molecule has 0 unspecified atom stereocenters. The number of nitrogens with one attached hydrogen (secondary N) is 1. The molecule has 20 heavy (non-hydrogen) atoms. The van der Waals surface area contributed by atoms with Gasteiger partial charge in [0.1, 0.15) is 16.5 Å². The van der Waals surface area contributed by atoms with Gasteiger partial charge in [-0.25, -0.2) is 17.2 Å². The van der Waals surface area contributed by atoms with Crippen LogP contribution in [0.5, 0.6) is 0 Å². The number of halogens is 2. The lowest BCUT2D eigenvalue weighted by molar-refractivity contribution is 0.597. The molecule has 0 saturated heterocycles. The van der Waals surface area contributed by atoms with Crippen molar-refractivity contribution in [1.29, 1.82) is 0 Å². The van der Waals surface area contributed by atoms with Crippen LogP contribution in [0.3, 0.4) is 0 Å². The van der Waals surface area contributed by atoms with E-state index in [1.165, 1.54) is 6.07 Å². The lowest BCUT2D eigenvalue weighted by Gasteiger charge is -2.12. The van der Waals surface area contributed by atoms with Gasteiger partial charge in [-0.3, -0.25) is 4.72 Å². The second-order valence-electron chi connectivity index (χ2n) is 4.22. The third kappa shape index (κ3) is 2.72. The first kappa shape index (κ1) is 14.3. The van der Waals surface area contributed by atoms with Gasteiger partial charge in [-0.05, 0) is 36.8 Å². The highest BCUT2D eigenvalue weighted by atomic mass is 32.2. The molecule has 2 aromatic rings. The Hall–Kier alpha value is -2.15. The Balaban J connectivity index is 2.46. The highest BCUT2D eigenvalue weighted by Crippen LogP contribution is 2.25. The van der Waals surface area contributed by atoms with E-state index in [-0.39, 0.29) is 16.3 Å². The maximum absolute atomic E-state index is 13.6. The zero-order valence-electron chi connectivity index (χ0n) is 10.5. The minimum atomic E-state index is -4.09. The monoisotopic (exact) mass is 298 g/mol. The van der Waals surface area contributed by atoms with Gasteiger partial charge in [-0.1, -0.05) is 12.1 Å². The molecule has 2 rings (SSSR count). The van der Waals surface area contributed by atoms with Crippen LogP contribution in [0.15, 0.2) is 41.3 Å². The first-order valence-electron chi connectivity index (χ1n) is 5.64. The normalized spacial score (nSPS) is 11.3. The molecule has 0 spiro atoms. The molecule has 7 heteroatoms. The molecule has 3 N–H and O–H groups in total. The standard InChI is InChI=1S/C13H12F2N2O2S/c1-8-3-2-4-10(15)13(8)17-20(18,19)12-6-5-9(14)7-11(12)16/h2-7,17H,16H2,1H3. The van der Waals surface area contributed by atoms with E-state index in [0.29, 0.717) is 5.56 Å². The molecule has 0 aliphatic heterocycles. The van der Waals surface area contributed by atoms with Crippen molar-refractivity contribution in [3.8, 4) is 0 Å². The molecule has 2 aromatic carbocycles. The van der Waals surface area contributed by atoms with Crippen LogP contribution < -0.4 is 10.5 Å². The summed E-state index contributed by atoms with van der Waals surface area (Å²) in [5, 5.41) is 0. The summed E-state index contributed by atoms with van der Waals surface area (Å²) in [5.41, 5.74) is 5.51. The fourth-order valence-electron chi connectivity index (χ4n) is 1.71. The molecule has 106 valence electrons. The van der Waals surface area contributed by atoms with Crippen molar-refractivity contribution in [2.45, 2.75) is 11.8 Å². The van der Waals surface area contributed by atoms with Crippen LogP contribution in [0.25, 0.3) is 0 Å². The maximum atomic E-state index is 13.6. The number of sulfonamides is 1. The van der Waals surface area contributed by atoms with Gasteiger partial charge in [0.2, 0.25) is 0 Å². The Morgan fingerprint density at radius 3 is 2.45 bits per heavy atom. The van der Waals surface area contributed by atoms with Gasteiger partial charge < -0.3 is 5.73 Å². The number of anilines is 2. The van der Waals surface area contributed by atoms with Gasteiger partial charge in [-0.2, -0.15) is 0 Å². The van der Waals surface area contributed by atoms with Gasteiger partial charge in [0, 0.05) is 0 Å². The Bertz CT molecular complexity index is 741. The molecule has 0 aromatic heterocycles. The van der Waals surface area contributed by atoms with Crippen LogP contribution in [-0.2, 0) is 10.0 Å². The van der Waals surface area contributed by atoms with E-state index in [1.807, 2.05) is 0 Å². The van der Waals surface area contributed by atoms with Gasteiger partial charge in [0.15, 0.2) is 0 Å². The number of rotatable bonds is 3. The zero-order chi connectivity index (χ0) is 14.9. The number of aryl methyl sites for hydroxylation is 1. The molecule has 4 nitrogen and oxygen atoms in total. The number of benzene rings is 2. The van der Waals surface area contributed by atoms with Crippen molar-refractivity contribution in [2.24, 2.45) is 0 Å². The van der Waals surface area contributed by atoms with Crippen molar-refractivity contribution in [2.75, 3.05) is 10.5 Å². The summed E-state index contributed by atoms with van der Waals surface area (Å²) in [6, 6.07) is 7.06. The molecule has 0 aliphatic rings. The van der Waals surface area contributed by atoms with Crippen molar-refractivity contribution in [1.82, 2.24) is 0 Å². The number of nitrogen functional groups attached to an aromatic ring is 1.